The molecule has 10 nitrogen and oxygen atoms in total. The number of carbonyl (C=O) groups excluding carboxylic acids is 1. The van der Waals surface area contributed by atoms with Crippen LogP contribution in [0.1, 0.15) is 41.7 Å². The maximum absolute atomic E-state index is 13.3. The Labute approximate surface area is 242 Å². The molecule has 2 atom stereocenters. The smallest absolute Gasteiger partial charge is 0.273 e. The van der Waals surface area contributed by atoms with E-state index >= 15 is 0 Å². The molecule has 214 valence electrons. The summed E-state index contributed by atoms with van der Waals surface area (Å²) in [4.78, 5) is 24.2. The lowest BCUT2D eigenvalue weighted by Crippen LogP contribution is -2.56. The summed E-state index contributed by atoms with van der Waals surface area (Å²) in [5.74, 6) is 1.44. The SMILES string of the molecule is COc1cc(C(=O)N2CC3CCC2CO3)ncc1-c1cc2nccc(-c3ccc(OC4CCOCC4)c(C#N)c3)c2o1. The predicted octanol–water partition coefficient (Wildman–Crippen LogP) is 5.00. The number of ether oxygens (including phenoxy) is 4. The van der Waals surface area contributed by atoms with Crippen LogP contribution in [0, 0.1) is 11.3 Å². The zero-order valence-electron chi connectivity index (χ0n) is 23.2. The molecule has 4 fully saturated rings. The van der Waals surface area contributed by atoms with Crippen LogP contribution < -0.4 is 9.47 Å². The lowest BCUT2D eigenvalue weighted by Gasteiger charge is -2.44. The van der Waals surface area contributed by atoms with Gasteiger partial charge in [0, 0.05) is 49.5 Å². The second-order valence-corrected chi connectivity index (χ2v) is 10.8. The Bertz CT molecular complexity index is 1680. The van der Waals surface area contributed by atoms with Gasteiger partial charge in [0.15, 0.2) is 5.58 Å². The number of methoxy groups -OCH3 is 1. The fourth-order valence-electron chi connectivity index (χ4n) is 6.01. The van der Waals surface area contributed by atoms with E-state index in [1.54, 1.807) is 25.6 Å². The largest absolute Gasteiger partial charge is 0.496 e. The Hall–Kier alpha value is -4.46. The zero-order valence-corrected chi connectivity index (χ0v) is 23.2. The fraction of sp³-hybridized carbons (Fsp3) is 0.375. The Kier molecular flexibility index (Phi) is 6.98. The number of benzene rings is 1. The first kappa shape index (κ1) is 26.4. The fourth-order valence-corrected chi connectivity index (χ4v) is 6.01. The van der Waals surface area contributed by atoms with Crippen molar-refractivity contribution in [2.75, 3.05) is 33.5 Å². The molecule has 4 aliphatic rings. The molecule has 0 radical (unpaired) electrons. The highest BCUT2D eigenvalue weighted by Crippen LogP contribution is 2.38. The first-order valence-electron chi connectivity index (χ1n) is 14.3. The summed E-state index contributed by atoms with van der Waals surface area (Å²) in [7, 11) is 1.56. The van der Waals surface area contributed by atoms with Gasteiger partial charge in [-0.3, -0.25) is 14.8 Å². The normalized spacial score (nSPS) is 20.4. The summed E-state index contributed by atoms with van der Waals surface area (Å²) >= 11 is 0. The van der Waals surface area contributed by atoms with Gasteiger partial charge in [0.25, 0.3) is 5.91 Å². The highest BCUT2D eigenvalue weighted by atomic mass is 16.5. The van der Waals surface area contributed by atoms with Crippen LogP contribution in [0.5, 0.6) is 11.5 Å². The third kappa shape index (κ3) is 4.85. The Balaban J connectivity index is 1.19. The predicted molar refractivity (Wildman–Crippen MR) is 152 cm³/mol. The number of aromatic nitrogens is 2. The molecule has 1 aromatic carbocycles. The van der Waals surface area contributed by atoms with Crippen molar-refractivity contribution in [2.24, 2.45) is 0 Å². The van der Waals surface area contributed by atoms with Crippen LogP contribution in [0.2, 0.25) is 0 Å². The number of nitriles is 1. The number of rotatable bonds is 6. The van der Waals surface area contributed by atoms with Crippen molar-refractivity contribution in [3.8, 4) is 40.0 Å². The van der Waals surface area contributed by atoms with Crippen molar-refractivity contribution in [1.82, 2.24) is 14.9 Å². The molecule has 0 saturated carbocycles. The van der Waals surface area contributed by atoms with Crippen LogP contribution in [0.4, 0.5) is 0 Å². The van der Waals surface area contributed by atoms with Crippen LogP contribution in [0.3, 0.4) is 0 Å². The second kappa shape index (κ2) is 11.1. The molecular weight excluding hydrogens is 536 g/mol. The van der Waals surface area contributed by atoms with Crippen molar-refractivity contribution in [3.05, 3.63) is 60.0 Å². The Morgan fingerprint density at radius 2 is 1.93 bits per heavy atom. The van der Waals surface area contributed by atoms with E-state index in [1.165, 1.54) is 0 Å². The quantitative estimate of drug-likeness (QED) is 0.318. The molecule has 0 spiro atoms. The van der Waals surface area contributed by atoms with Crippen molar-refractivity contribution in [2.45, 2.75) is 43.9 Å². The van der Waals surface area contributed by atoms with E-state index < -0.39 is 0 Å². The van der Waals surface area contributed by atoms with Crippen molar-refractivity contribution in [3.63, 3.8) is 0 Å². The van der Waals surface area contributed by atoms with E-state index in [9.17, 15) is 10.1 Å². The van der Waals surface area contributed by atoms with Gasteiger partial charge in [0.1, 0.15) is 40.6 Å². The van der Waals surface area contributed by atoms with E-state index in [0.717, 1.165) is 36.8 Å². The first-order valence-corrected chi connectivity index (χ1v) is 14.3. The van der Waals surface area contributed by atoms with Gasteiger partial charge >= 0.3 is 0 Å². The van der Waals surface area contributed by atoms with Gasteiger partial charge in [0.2, 0.25) is 0 Å². The van der Waals surface area contributed by atoms with Gasteiger partial charge in [-0.1, -0.05) is 6.07 Å². The highest BCUT2D eigenvalue weighted by molar-refractivity contribution is 5.95. The Morgan fingerprint density at radius 1 is 1.05 bits per heavy atom. The summed E-state index contributed by atoms with van der Waals surface area (Å²) in [6, 6.07) is 13.3. The summed E-state index contributed by atoms with van der Waals surface area (Å²) in [5.41, 5.74) is 4.21. The molecule has 2 unspecified atom stereocenters. The van der Waals surface area contributed by atoms with Crippen molar-refractivity contribution < 1.29 is 28.2 Å². The minimum atomic E-state index is -0.121. The number of furan rings is 1. The number of piperidine rings is 1. The number of fused-ring (bicyclic) bond motifs is 4. The van der Waals surface area contributed by atoms with E-state index in [1.807, 2.05) is 35.2 Å². The lowest BCUT2D eigenvalue weighted by atomic mass is 9.96. The van der Waals surface area contributed by atoms with E-state index in [2.05, 4.69) is 16.0 Å². The van der Waals surface area contributed by atoms with Crippen LogP contribution in [0.15, 0.2) is 53.2 Å². The van der Waals surface area contributed by atoms with Gasteiger partial charge in [-0.2, -0.15) is 5.26 Å². The summed E-state index contributed by atoms with van der Waals surface area (Å²) in [6.07, 6.45) is 6.98. The van der Waals surface area contributed by atoms with Crippen LogP contribution in [0.25, 0.3) is 33.6 Å². The number of hydrogen-bond acceptors (Lipinski definition) is 9. The number of nitrogens with zero attached hydrogens (tertiary/aromatic N) is 4. The van der Waals surface area contributed by atoms with Crippen LogP contribution >= 0.6 is 0 Å². The zero-order chi connectivity index (χ0) is 28.6. The average Bonchev–Trinajstić information content (AvgIpc) is 3.50. The summed E-state index contributed by atoms with van der Waals surface area (Å²) in [5, 5.41) is 9.87. The number of morpholine rings is 1. The van der Waals surface area contributed by atoms with E-state index in [0.29, 0.717) is 71.5 Å². The van der Waals surface area contributed by atoms with Crippen LogP contribution in [-0.4, -0.2) is 72.5 Å². The van der Waals surface area contributed by atoms with Crippen molar-refractivity contribution >= 4 is 17.0 Å². The van der Waals surface area contributed by atoms with Gasteiger partial charge in [-0.25, -0.2) is 0 Å². The number of pyridine rings is 2. The minimum Gasteiger partial charge on any atom is -0.496 e. The molecule has 42 heavy (non-hydrogen) atoms. The van der Waals surface area contributed by atoms with Crippen LogP contribution in [-0.2, 0) is 9.47 Å². The third-order valence-electron chi connectivity index (χ3n) is 8.30. The topological polar surface area (TPSA) is 120 Å². The molecule has 4 aliphatic heterocycles. The first-order chi connectivity index (χ1) is 20.6. The lowest BCUT2D eigenvalue weighted by molar-refractivity contribution is -0.0916. The molecule has 8 rings (SSSR count). The molecule has 2 bridgehead atoms. The summed E-state index contributed by atoms with van der Waals surface area (Å²) in [6.45, 7) is 2.48. The molecule has 0 aliphatic carbocycles. The average molecular weight is 567 g/mol. The number of carbonyl (C=O) groups is 1. The van der Waals surface area contributed by atoms with Gasteiger partial charge in [-0.05, 0) is 36.6 Å². The minimum absolute atomic E-state index is 0.0335. The summed E-state index contributed by atoms with van der Waals surface area (Å²) < 4.78 is 29.3. The maximum Gasteiger partial charge on any atom is 0.273 e. The number of hydrogen-bond donors (Lipinski definition) is 0. The molecule has 0 N–H and O–H groups in total. The molecule has 7 heterocycles. The van der Waals surface area contributed by atoms with E-state index in [-0.39, 0.29) is 24.2 Å². The van der Waals surface area contributed by atoms with Crippen molar-refractivity contribution in [1.29, 1.82) is 5.26 Å². The van der Waals surface area contributed by atoms with E-state index in [4.69, 9.17) is 23.4 Å². The highest BCUT2D eigenvalue weighted by Gasteiger charge is 2.38. The molecule has 4 aromatic rings. The molecular formula is C32H30N4O6. The van der Waals surface area contributed by atoms with Gasteiger partial charge < -0.3 is 28.3 Å². The monoisotopic (exact) mass is 566 g/mol. The Morgan fingerprint density at radius 3 is 2.67 bits per heavy atom. The molecule has 3 aromatic heterocycles. The maximum atomic E-state index is 13.3. The standard InChI is InChI=1S/C32H30N4O6/c1-38-29-14-27(32(37)36-17-23-4-3-21(36)18-40-23)35-16-25(29)30-13-26-31(42-30)24(6-9-34-26)19-2-5-28(20(12-19)15-33)41-22-7-10-39-11-8-22/h2,5-6,9,12-14,16,21-23H,3-4,7-8,10-11,17-18H2,1H3. The molecule has 4 saturated heterocycles. The van der Waals surface area contributed by atoms with Gasteiger partial charge in [0.05, 0.1) is 50.2 Å². The number of amides is 1. The third-order valence-corrected chi connectivity index (χ3v) is 8.30. The second-order valence-electron chi connectivity index (χ2n) is 10.8. The molecule has 1 amide bonds. The van der Waals surface area contributed by atoms with Gasteiger partial charge in [-0.15, -0.1) is 0 Å². The molecule has 10 heteroatoms.